The molecule has 0 aliphatic heterocycles. The minimum Gasteiger partial charge on any atom is -0.490 e. The number of rotatable bonds is 6. The second-order valence-corrected chi connectivity index (χ2v) is 8.09. The standard InChI is InChI=1S/C21H33NO2/c1-5-10-19(21(2,3)4)22-20(23)16-11-9-14-18(15-16)24-17-12-7-6-8-13-17/h9,11,14-15,17,19H,5-8,10,12-13H2,1-4H3,(H,22,23). The number of carbonyl (C=O) groups is 1. The highest BCUT2D eigenvalue weighted by molar-refractivity contribution is 5.94. The molecule has 0 spiro atoms. The normalized spacial score (nSPS) is 17.3. The Hall–Kier alpha value is -1.51. The van der Waals surface area contributed by atoms with E-state index in [4.69, 9.17) is 4.74 Å². The molecule has 1 atom stereocenters. The fourth-order valence-electron chi connectivity index (χ4n) is 3.34. The third-order valence-electron chi connectivity index (χ3n) is 4.88. The minimum atomic E-state index is -0.00234. The highest BCUT2D eigenvalue weighted by Gasteiger charge is 2.26. The van der Waals surface area contributed by atoms with Crippen molar-refractivity contribution in [2.45, 2.75) is 84.8 Å². The molecule has 3 heteroatoms. The highest BCUT2D eigenvalue weighted by Crippen LogP contribution is 2.25. The van der Waals surface area contributed by atoms with Gasteiger partial charge in [0.25, 0.3) is 5.91 Å². The van der Waals surface area contributed by atoms with Crippen LogP contribution in [0.4, 0.5) is 0 Å². The Morgan fingerprint density at radius 3 is 2.58 bits per heavy atom. The first-order chi connectivity index (χ1) is 11.4. The van der Waals surface area contributed by atoms with Gasteiger partial charge in [0.15, 0.2) is 0 Å². The minimum absolute atomic E-state index is 0.00234. The summed E-state index contributed by atoms with van der Waals surface area (Å²) >= 11 is 0. The summed E-state index contributed by atoms with van der Waals surface area (Å²) in [7, 11) is 0. The van der Waals surface area contributed by atoms with Gasteiger partial charge in [-0.25, -0.2) is 0 Å². The topological polar surface area (TPSA) is 38.3 Å². The summed E-state index contributed by atoms with van der Waals surface area (Å²) in [5.41, 5.74) is 0.746. The van der Waals surface area contributed by atoms with Gasteiger partial charge in [-0.3, -0.25) is 4.79 Å². The molecule has 1 unspecified atom stereocenters. The molecule has 24 heavy (non-hydrogen) atoms. The average molecular weight is 332 g/mol. The summed E-state index contributed by atoms with van der Waals surface area (Å²) in [6.07, 6.45) is 8.41. The van der Waals surface area contributed by atoms with E-state index in [9.17, 15) is 4.79 Å². The molecular weight excluding hydrogens is 298 g/mol. The van der Waals surface area contributed by atoms with Crippen LogP contribution in [0.15, 0.2) is 24.3 Å². The molecule has 0 radical (unpaired) electrons. The van der Waals surface area contributed by atoms with Crippen molar-refractivity contribution < 1.29 is 9.53 Å². The zero-order chi connectivity index (χ0) is 17.6. The van der Waals surface area contributed by atoms with Gasteiger partial charge in [0.1, 0.15) is 5.75 Å². The molecule has 1 N–H and O–H groups in total. The fraction of sp³-hybridized carbons (Fsp3) is 0.667. The highest BCUT2D eigenvalue weighted by atomic mass is 16.5. The van der Waals surface area contributed by atoms with Gasteiger partial charge in [-0.1, -0.05) is 46.6 Å². The largest absolute Gasteiger partial charge is 0.490 e. The van der Waals surface area contributed by atoms with Gasteiger partial charge >= 0.3 is 0 Å². The SMILES string of the molecule is CCCC(NC(=O)c1cccc(OC2CCCCC2)c1)C(C)(C)C. The van der Waals surface area contributed by atoms with Crippen molar-refractivity contribution in [3.63, 3.8) is 0 Å². The Kier molecular flexibility index (Phi) is 6.70. The molecule has 1 saturated carbocycles. The molecule has 2 rings (SSSR count). The Morgan fingerprint density at radius 1 is 1.25 bits per heavy atom. The first kappa shape index (κ1) is 18.8. The van der Waals surface area contributed by atoms with E-state index in [0.717, 1.165) is 31.4 Å². The molecule has 0 bridgehead atoms. The van der Waals surface area contributed by atoms with E-state index in [-0.39, 0.29) is 17.4 Å². The molecule has 0 heterocycles. The summed E-state index contributed by atoms with van der Waals surface area (Å²) < 4.78 is 6.09. The predicted molar refractivity (Wildman–Crippen MR) is 99.6 cm³/mol. The molecule has 134 valence electrons. The number of ether oxygens (including phenoxy) is 1. The van der Waals surface area contributed by atoms with Crippen molar-refractivity contribution in [3.05, 3.63) is 29.8 Å². The van der Waals surface area contributed by atoms with Gasteiger partial charge in [-0.15, -0.1) is 0 Å². The molecular formula is C21H33NO2. The molecule has 1 aromatic rings. The van der Waals surface area contributed by atoms with Crippen LogP contribution in [-0.2, 0) is 0 Å². The maximum absolute atomic E-state index is 12.7. The second-order valence-electron chi connectivity index (χ2n) is 8.09. The number of amides is 1. The van der Waals surface area contributed by atoms with E-state index in [1.807, 2.05) is 24.3 Å². The summed E-state index contributed by atoms with van der Waals surface area (Å²) in [5.74, 6) is 0.815. The van der Waals surface area contributed by atoms with E-state index in [1.54, 1.807) is 0 Å². The Balaban J connectivity index is 2.02. The van der Waals surface area contributed by atoms with Crippen LogP contribution in [0.3, 0.4) is 0 Å². The molecule has 1 amide bonds. The fourth-order valence-corrected chi connectivity index (χ4v) is 3.34. The smallest absolute Gasteiger partial charge is 0.251 e. The lowest BCUT2D eigenvalue weighted by Crippen LogP contribution is -2.43. The van der Waals surface area contributed by atoms with E-state index in [2.05, 4.69) is 33.0 Å². The van der Waals surface area contributed by atoms with E-state index < -0.39 is 0 Å². The third-order valence-corrected chi connectivity index (χ3v) is 4.88. The maximum Gasteiger partial charge on any atom is 0.251 e. The Morgan fingerprint density at radius 2 is 1.96 bits per heavy atom. The van der Waals surface area contributed by atoms with Gasteiger partial charge in [-0.05, 0) is 55.7 Å². The van der Waals surface area contributed by atoms with Crippen molar-refractivity contribution in [1.82, 2.24) is 5.32 Å². The molecule has 0 saturated heterocycles. The van der Waals surface area contributed by atoms with Gasteiger partial charge in [0, 0.05) is 11.6 Å². The lowest BCUT2D eigenvalue weighted by atomic mass is 9.84. The zero-order valence-corrected chi connectivity index (χ0v) is 15.7. The van der Waals surface area contributed by atoms with Gasteiger partial charge in [0.2, 0.25) is 0 Å². The molecule has 1 aromatic carbocycles. The monoisotopic (exact) mass is 331 g/mol. The summed E-state index contributed by atoms with van der Waals surface area (Å²) in [6.45, 7) is 8.69. The van der Waals surface area contributed by atoms with Crippen LogP contribution in [0.5, 0.6) is 5.75 Å². The maximum atomic E-state index is 12.7. The summed E-state index contributed by atoms with van der Waals surface area (Å²) in [4.78, 5) is 12.7. The lowest BCUT2D eigenvalue weighted by Gasteiger charge is -2.31. The number of benzene rings is 1. The van der Waals surface area contributed by atoms with Crippen molar-refractivity contribution in [2.75, 3.05) is 0 Å². The van der Waals surface area contributed by atoms with Crippen LogP contribution >= 0.6 is 0 Å². The number of hydrogen-bond donors (Lipinski definition) is 1. The Bertz CT molecular complexity index is 527. The van der Waals surface area contributed by atoms with E-state index in [0.29, 0.717) is 11.7 Å². The molecule has 1 aliphatic carbocycles. The van der Waals surface area contributed by atoms with Crippen molar-refractivity contribution in [3.8, 4) is 5.75 Å². The van der Waals surface area contributed by atoms with Gasteiger partial charge < -0.3 is 10.1 Å². The molecule has 1 fully saturated rings. The van der Waals surface area contributed by atoms with Crippen LogP contribution < -0.4 is 10.1 Å². The van der Waals surface area contributed by atoms with Gasteiger partial charge in [-0.2, -0.15) is 0 Å². The molecule has 3 nitrogen and oxygen atoms in total. The van der Waals surface area contributed by atoms with Crippen LogP contribution in [0.25, 0.3) is 0 Å². The van der Waals surface area contributed by atoms with Crippen LogP contribution in [0, 0.1) is 5.41 Å². The zero-order valence-electron chi connectivity index (χ0n) is 15.7. The van der Waals surface area contributed by atoms with E-state index in [1.165, 1.54) is 19.3 Å². The third kappa shape index (κ3) is 5.54. The Labute approximate surface area is 147 Å². The summed E-state index contributed by atoms with van der Waals surface area (Å²) in [6, 6.07) is 7.81. The molecule has 1 aliphatic rings. The molecule has 0 aromatic heterocycles. The number of nitrogens with one attached hydrogen (secondary N) is 1. The second kappa shape index (κ2) is 8.55. The van der Waals surface area contributed by atoms with Crippen molar-refractivity contribution in [1.29, 1.82) is 0 Å². The van der Waals surface area contributed by atoms with Crippen LogP contribution in [-0.4, -0.2) is 18.1 Å². The average Bonchev–Trinajstić information content (AvgIpc) is 2.55. The predicted octanol–water partition coefficient (Wildman–Crippen LogP) is 5.34. The first-order valence-corrected chi connectivity index (χ1v) is 9.47. The van der Waals surface area contributed by atoms with Crippen molar-refractivity contribution >= 4 is 5.91 Å². The van der Waals surface area contributed by atoms with Crippen molar-refractivity contribution in [2.24, 2.45) is 5.41 Å². The summed E-state index contributed by atoms with van der Waals surface area (Å²) in [5, 5.41) is 3.21. The van der Waals surface area contributed by atoms with Crippen LogP contribution in [0.2, 0.25) is 0 Å². The lowest BCUT2D eigenvalue weighted by molar-refractivity contribution is 0.0896. The van der Waals surface area contributed by atoms with Gasteiger partial charge in [0.05, 0.1) is 6.10 Å². The van der Waals surface area contributed by atoms with E-state index >= 15 is 0 Å². The number of carbonyl (C=O) groups excluding carboxylic acids is 1. The quantitative estimate of drug-likeness (QED) is 0.764. The van der Waals surface area contributed by atoms with Crippen LogP contribution in [0.1, 0.15) is 83.0 Å². The first-order valence-electron chi connectivity index (χ1n) is 9.47. The number of hydrogen-bond acceptors (Lipinski definition) is 2.